The first-order valence-corrected chi connectivity index (χ1v) is 9.07. The standard InChI is InChI=1S/C21H25FN2O2/c1-15-6-9-20(16(2)12-15)26-14-21(25)23-18-13-17(22)7-8-19(18)24-10-4-3-5-11-24/h6-9,12-13H,3-5,10-11,14H2,1-2H3,(H,23,25). The number of carbonyl (C=O) groups excluding carboxylic acids is 1. The van der Waals surface area contributed by atoms with Gasteiger partial charge in [0, 0.05) is 13.1 Å². The predicted octanol–water partition coefficient (Wildman–Crippen LogP) is 4.45. The van der Waals surface area contributed by atoms with E-state index >= 15 is 0 Å². The van der Waals surface area contributed by atoms with Gasteiger partial charge >= 0.3 is 0 Å². The lowest BCUT2D eigenvalue weighted by Gasteiger charge is -2.30. The first kappa shape index (κ1) is 18.2. The third-order valence-electron chi connectivity index (χ3n) is 4.62. The van der Waals surface area contributed by atoms with Crippen molar-refractivity contribution in [2.75, 3.05) is 29.9 Å². The van der Waals surface area contributed by atoms with Crippen molar-refractivity contribution in [1.29, 1.82) is 0 Å². The Hall–Kier alpha value is -2.56. The smallest absolute Gasteiger partial charge is 0.262 e. The second-order valence-corrected chi connectivity index (χ2v) is 6.81. The van der Waals surface area contributed by atoms with Crippen LogP contribution >= 0.6 is 0 Å². The van der Waals surface area contributed by atoms with Crippen molar-refractivity contribution in [1.82, 2.24) is 0 Å². The van der Waals surface area contributed by atoms with Crippen molar-refractivity contribution in [3.8, 4) is 5.75 Å². The van der Waals surface area contributed by atoms with Crippen LogP contribution in [0.3, 0.4) is 0 Å². The Kier molecular flexibility index (Phi) is 5.76. The fraction of sp³-hybridized carbons (Fsp3) is 0.381. The lowest BCUT2D eigenvalue weighted by molar-refractivity contribution is -0.118. The maximum atomic E-state index is 13.7. The number of aryl methyl sites for hydroxylation is 2. The van der Waals surface area contributed by atoms with E-state index in [1.54, 1.807) is 6.07 Å². The molecule has 1 aliphatic rings. The van der Waals surface area contributed by atoms with Gasteiger partial charge in [-0.3, -0.25) is 4.79 Å². The molecular weight excluding hydrogens is 331 g/mol. The van der Waals surface area contributed by atoms with Gasteiger partial charge in [-0.2, -0.15) is 0 Å². The summed E-state index contributed by atoms with van der Waals surface area (Å²) in [4.78, 5) is 14.5. The summed E-state index contributed by atoms with van der Waals surface area (Å²) in [6, 6.07) is 10.4. The minimum atomic E-state index is -0.364. The average Bonchev–Trinajstić information content (AvgIpc) is 2.62. The lowest BCUT2D eigenvalue weighted by atomic mass is 10.1. The molecule has 1 amide bonds. The van der Waals surface area contributed by atoms with E-state index in [0.717, 1.165) is 42.7 Å². The molecule has 1 heterocycles. The third-order valence-corrected chi connectivity index (χ3v) is 4.62. The molecule has 0 spiro atoms. The summed E-state index contributed by atoms with van der Waals surface area (Å²) in [6.45, 7) is 5.69. The minimum Gasteiger partial charge on any atom is -0.483 e. The molecular formula is C21H25FN2O2. The number of rotatable bonds is 5. The molecule has 5 heteroatoms. The van der Waals surface area contributed by atoms with Crippen molar-refractivity contribution in [2.45, 2.75) is 33.1 Å². The Balaban J connectivity index is 1.67. The third kappa shape index (κ3) is 4.54. The van der Waals surface area contributed by atoms with E-state index in [9.17, 15) is 9.18 Å². The largest absolute Gasteiger partial charge is 0.483 e. The number of nitrogens with one attached hydrogen (secondary N) is 1. The molecule has 1 aliphatic heterocycles. The summed E-state index contributed by atoms with van der Waals surface area (Å²) in [6.07, 6.45) is 3.43. The van der Waals surface area contributed by atoms with Crippen LogP contribution in [0.4, 0.5) is 15.8 Å². The van der Waals surface area contributed by atoms with Crippen LogP contribution < -0.4 is 15.0 Å². The number of ether oxygens (including phenoxy) is 1. The van der Waals surface area contributed by atoms with Crippen LogP contribution in [0.25, 0.3) is 0 Å². The number of halogens is 1. The topological polar surface area (TPSA) is 41.6 Å². The summed E-state index contributed by atoms with van der Waals surface area (Å²) < 4.78 is 19.3. The summed E-state index contributed by atoms with van der Waals surface area (Å²) in [5.41, 5.74) is 3.50. The highest BCUT2D eigenvalue weighted by Gasteiger charge is 2.17. The van der Waals surface area contributed by atoms with Gasteiger partial charge < -0.3 is 15.0 Å². The molecule has 0 radical (unpaired) electrons. The van der Waals surface area contributed by atoms with Gasteiger partial charge in [0.15, 0.2) is 6.61 Å². The number of carbonyl (C=O) groups is 1. The molecule has 0 unspecified atom stereocenters. The van der Waals surface area contributed by atoms with Crippen LogP contribution in [0.15, 0.2) is 36.4 Å². The van der Waals surface area contributed by atoms with Crippen LogP contribution in [0.2, 0.25) is 0 Å². The van der Waals surface area contributed by atoms with Crippen LogP contribution in [-0.2, 0) is 4.79 Å². The van der Waals surface area contributed by atoms with Crippen molar-refractivity contribution in [2.24, 2.45) is 0 Å². The number of anilines is 2. The van der Waals surface area contributed by atoms with Gasteiger partial charge in [0.25, 0.3) is 5.91 Å². The maximum Gasteiger partial charge on any atom is 0.262 e. The highest BCUT2D eigenvalue weighted by atomic mass is 19.1. The maximum absolute atomic E-state index is 13.7. The Morgan fingerprint density at radius 2 is 1.88 bits per heavy atom. The first-order chi connectivity index (χ1) is 12.5. The number of nitrogens with zero attached hydrogens (tertiary/aromatic N) is 1. The molecule has 4 nitrogen and oxygen atoms in total. The van der Waals surface area contributed by atoms with E-state index in [2.05, 4.69) is 10.2 Å². The van der Waals surface area contributed by atoms with E-state index in [1.807, 2.05) is 32.0 Å². The van der Waals surface area contributed by atoms with Crippen LogP contribution in [0, 0.1) is 19.7 Å². The molecule has 138 valence electrons. The molecule has 1 saturated heterocycles. The van der Waals surface area contributed by atoms with Crippen molar-refractivity contribution in [3.05, 3.63) is 53.3 Å². The summed E-state index contributed by atoms with van der Waals surface area (Å²) in [5.74, 6) is 0.0198. The Labute approximate surface area is 154 Å². The molecule has 1 fully saturated rings. The van der Waals surface area contributed by atoms with Gasteiger partial charge in [-0.15, -0.1) is 0 Å². The minimum absolute atomic E-state index is 0.111. The molecule has 3 rings (SSSR count). The summed E-state index contributed by atoms with van der Waals surface area (Å²) in [7, 11) is 0. The Morgan fingerprint density at radius 3 is 2.62 bits per heavy atom. The zero-order valence-corrected chi connectivity index (χ0v) is 15.3. The van der Waals surface area contributed by atoms with Gasteiger partial charge in [-0.1, -0.05) is 17.7 Å². The molecule has 26 heavy (non-hydrogen) atoms. The Bertz CT molecular complexity index is 786. The molecule has 0 bridgehead atoms. The second-order valence-electron chi connectivity index (χ2n) is 6.81. The number of hydrogen-bond acceptors (Lipinski definition) is 3. The van der Waals surface area contributed by atoms with Crippen LogP contribution in [0.5, 0.6) is 5.75 Å². The van der Waals surface area contributed by atoms with Gasteiger partial charge in [-0.25, -0.2) is 4.39 Å². The molecule has 0 aromatic heterocycles. The normalized spacial score (nSPS) is 14.2. The highest BCUT2D eigenvalue weighted by Crippen LogP contribution is 2.29. The molecule has 2 aromatic rings. The lowest BCUT2D eigenvalue weighted by Crippen LogP contribution is -2.31. The fourth-order valence-electron chi connectivity index (χ4n) is 3.31. The van der Waals surface area contributed by atoms with E-state index in [0.29, 0.717) is 11.4 Å². The predicted molar refractivity (Wildman–Crippen MR) is 103 cm³/mol. The average molecular weight is 356 g/mol. The summed E-state index contributed by atoms with van der Waals surface area (Å²) in [5, 5.41) is 2.80. The molecule has 1 N–H and O–H groups in total. The second kappa shape index (κ2) is 8.21. The quantitative estimate of drug-likeness (QED) is 0.860. The van der Waals surface area contributed by atoms with Crippen LogP contribution in [0.1, 0.15) is 30.4 Å². The van der Waals surface area contributed by atoms with Gasteiger partial charge in [0.1, 0.15) is 11.6 Å². The van der Waals surface area contributed by atoms with E-state index in [4.69, 9.17) is 4.74 Å². The highest BCUT2D eigenvalue weighted by molar-refractivity contribution is 5.95. The van der Waals surface area contributed by atoms with E-state index in [-0.39, 0.29) is 18.3 Å². The number of amides is 1. The molecule has 0 atom stereocenters. The molecule has 2 aromatic carbocycles. The monoisotopic (exact) mass is 356 g/mol. The van der Waals surface area contributed by atoms with E-state index < -0.39 is 0 Å². The molecule has 0 saturated carbocycles. The van der Waals surface area contributed by atoms with Crippen molar-refractivity contribution < 1.29 is 13.9 Å². The fourth-order valence-corrected chi connectivity index (χ4v) is 3.31. The zero-order valence-electron chi connectivity index (χ0n) is 15.3. The van der Waals surface area contributed by atoms with Gasteiger partial charge in [-0.05, 0) is 62.9 Å². The SMILES string of the molecule is Cc1ccc(OCC(=O)Nc2cc(F)ccc2N2CCCCC2)c(C)c1. The number of hydrogen-bond donors (Lipinski definition) is 1. The van der Waals surface area contributed by atoms with Gasteiger partial charge in [0.05, 0.1) is 11.4 Å². The first-order valence-electron chi connectivity index (χ1n) is 9.07. The van der Waals surface area contributed by atoms with Crippen molar-refractivity contribution in [3.63, 3.8) is 0 Å². The van der Waals surface area contributed by atoms with Crippen LogP contribution in [-0.4, -0.2) is 25.6 Å². The summed E-state index contributed by atoms with van der Waals surface area (Å²) >= 11 is 0. The van der Waals surface area contributed by atoms with Crippen molar-refractivity contribution >= 4 is 17.3 Å². The number of piperidine rings is 1. The van der Waals surface area contributed by atoms with Gasteiger partial charge in [0.2, 0.25) is 0 Å². The zero-order chi connectivity index (χ0) is 18.5. The number of benzene rings is 2. The Morgan fingerprint density at radius 1 is 1.12 bits per heavy atom. The van der Waals surface area contributed by atoms with E-state index in [1.165, 1.54) is 18.6 Å². The molecule has 0 aliphatic carbocycles.